The Labute approximate surface area is 248 Å². The third-order valence-corrected chi connectivity index (χ3v) is 24.8. The molecule has 0 aliphatic rings. The van der Waals surface area contributed by atoms with E-state index in [1.807, 2.05) is 7.11 Å². The Morgan fingerprint density at radius 2 is 1.36 bits per heavy atom. The second-order valence-electron chi connectivity index (χ2n) is 12.0. The molecule has 0 saturated carbocycles. The summed E-state index contributed by atoms with van der Waals surface area (Å²) in [5, 5.41) is 0. The van der Waals surface area contributed by atoms with Gasteiger partial charge in [0.15, 0.2) is 0 Å². The van der Waals surface area contributed by atoms with Crippen LogP contribution in [0.3, 0.4) is 0 Å². The molecule has 0 aromatic heterocycles. The summed E-state index contributed by atoms with van der Waals surface area (Å²) in [4.78, 5) is 0. The van der Waals surface area contributed by atoms with Gasteiger partial charge in [-0.3, -0.25) is 0 Å². The Bertz CT molecular complexity index is 562. The van der Waals surface area contributed by atoms with Crippen LogP contribution in [0.4, 0.5) is 0 Å². The molecule has 0 spiro atoms. The molecule has 0 aromatic rings. The fourth-order valence-electron chi connectivity index (χ4n) is 5.21. The zero-order valence-electron chi connectivity index (χ0n) is 27.4. The van der Waals surface area contributed by atoms with Crippen LogP contribution in [0, 0.1) is 0 Å². The maximum atomic E-state index is 7.05. The third-order valence-electron chi connectivity index (χ3n) is 7.37. The summed E-state index contributed by atoms with van der Waals surface area (Å²) < 4.78 is 39.9. The van der Waals surface area contributed by atoms with Crippen molar-refractivity contribution in [3.05, 3.63) is 12.0 Å². The Balaban J connectivity index is 5.43. The zero-order chi connectivity index (χ0) is 29.4. The van der Waals surface area contributed by atoms with Gasteiger partial charge in [0.25, 0.3) is 0 Å². The van der Waals surface area contributed by atoms with E-state index in [-0.39, 0.29) is 6.29 Å². The van der Waals surface area contributed by atoms with Gasteiger partial charge in [0, 0.05) is 0 Å². The van der Waals surface area contributed by atoms with Gasteiger partial charge in [-0.2, -0.15) is 0 Å². The molecule has 2 atom stereocenters. The molecule has 0 rings (SSSR count). The zero-order valence-corrected chi connectivity index (χ0v) is 31.3. The monoisotopic (exact) mass is 682 g/mol. The summed E-state index contributed by atoms with van der Waals surface area (Å²) in [6, 6.07) is 0. The van der Waals surface area contributed by atoms with Crippen LogP contribution >= 0.6 is 0 Å². The molecule has 0 aromatic carbocycles. The molecule has 0 aliphatic heterocycles. The Hall–Kier alpha value is 0.196. The number of unbranched alkanes of at least 4 members (excludes halogenated alkanes) is 6. The van der Waals surface area contributed by atoms with Gasteiger partial charge in [-0.05, 0) is 0 Å². The first-order valence-corrected chi connectivity index (χ1v) is 27.0. The van der Waals surface area contributed by atoms with Gasteiger partial charge in [-0.25, -0.2) is 0 Å². The third kappa shape index (κ3) is 19.9. The van der Waals surface area contributed by atoms with E-state index < -0.39 is 26.7 Å². The quantitative estimate of drug-likeness (QED) is 0.0355. The van der Waals surface area contributed by atoms with Crippen LogP contribution in [0.25, 0.3) is 0 Å². The van der Waals surface area contributed by atoms with Crippen LogP contribution < -0.4 is 0 Å². The molecule has 0 amide bonds. The molecule has 8 heteroatoms. The first kappa shape index (κ1) is 39.2. The molecule has 0 heterocycles. The molecule has 0 N–H and O–H groups in total. The van der Waals surface area contributed by atoms with Crippen LogP contribution in [0.15, 0.2) is 12.0 Å². The van der Waals surface area contributed by atoms with Crippen molar-refractivity contribution < 1.29 is 28.1 Å². The molecular formula is C31H66O6SiSn. The standard InChI is InChI=1S/C19H39O6Si.3C4H9.Sn/c1-20-17-23-15-11-8-12-16-24-18(21-2)13-9-7-10-14-19(22-3)25-26(4,5)6;3*1-3-4-2;/h14,16,18H,7-13,15,17H2,1-6H3;3*1,3-4H2,2H3;/b19-14-;;;;. The molecular weight excluding hydrogens is 615 g/mol. The number of methoxy groups -OCH3 is 3. The molecule has 2 unspecified atom stereocenters. The summed E-state index contributed by atoms with van der Waals surface area (Å²) in [5.41, 5.74) is 0. The van der Waals surface area contributed by atoms with E-state index >= 15 is 0 Å². The molecule has 0 saturated heterocycles. The number of rotatable bonds is 28. The first-order chi connectivity index (χ1) is 18.7. The van der Waals surface area contributed by atoms with Gasteiger partial charge in [-0.1, -0.05) is 0 Å². The van der Waals surface area contributed by atoms with E-state index in [1.165, 1.54) is 51.8 Å². The maximum absolute atomic E-state index is 7.05. The first-order valence-electron chi connectivity index (χ1n) is 15.9. The second kappa shape index (κ2) is 24.8. The topological polar surface area (TPSA) is 55.4 Å². The average Bonchev–Trinajstić information content (AvgIpc) is 2.91. The number of ether oxygens (including phenoxy) is 5. The average molecular weight is 682 g/mol. The van der Waals surface area contributed by atoms with E-state index in [4.69, 9.17) is 28.1 Å². The van der Waals surface area contributed by atoms with Crippen LogP contribution in [0.2, 0.25) is 33.0 Å². The van der Waals surface area contributed by atoms with Gasteiger partial charge in [0.05, 0.1) is 0 Å². The van der Waals surface area contributed by atoms with Crippen molar-refractivity contribution >= 4 is 26.7 Å². The predicted octanol–water partition coefficient (Wildman–Crippen LogP) is 9.42. The summed E-state index contributed by atoms with van der Waals surface area (Å²) in [6.45, 7) is 14.7. The van der Waals surface area contributed by atoms with Crippen molar-refractivity contribution in [2.24, 2.45) is 0 Å². The summed E-state index contributed by atoms with van der Waals surface area (Å²) in [6.07, 6.45) is 17.2. The minimum atomic E-state index is -2.60. The van der Waals surface area contributed by atoms with Crippen molar-refractivity contribution in [2.75, 3.05) is 34.7 Å². The van der Waals surface area contributed by atoms with E-state index in [2.05, 4.69) is 46.5 Å². The fourth-order valence-corrected chi connectivity index (χ4v) is 23.5. The van der Waals surface area contributed by atoms with Crippen LogP contribution in [-0.4, -0.2) is 71.8 Å². The van der Waals surface area contributed by atoms with Crippen molar-refractivity contribution in [2.45, 2.75) is 148 Å². The number of allylic oxidation sites excluding steroid dienone is 1. The van der Waals surface area contributed by atoms with E-state index in [0.717, 1.165) is 51.6 Å². The predicted molar refractivity (Wildman–Crippen MR) is 170 cm³/mol. The summed E-state index contributed by atoms with van der Waals surface area (Å²) in [5.74, 6) is 0.671. The van der Waals surface area contributed by atoms with Gasteiger partial charge < -0.3 is 0 Å². The SMILES string of the molecule is CCC[CH2][Sn]([CH2]CCC)([CH2]CCC)[CH](CCCCOCOC)OC(CCCC/C=C(/OC)O[Si](C)(C)C)OC. The second-order valence-corrected chi connectivity index (χ2v) is 30.3. The van der Waals surface area contributed by atoms with Crippen LogP contribution in [0.5, 0.6) is 0 Å². The molecule has 0 fully saturated rings. The Morgan fingerprint density at radius 3 is 1.85 bits per heavy atom. The molecule has 234 valence electrons. The Kier molecular flexibility index (Phi) is 24.9. The van der Waals surface area contributed by atoms with Crippen LogP contribution in [0.1, 0.15) is 104 Å². The normalized spacial score (nSPS) is 14.4. The van der Waals surface area contributed by atoms with Crippen molar-refractivity contribution in [3.8, 4) is 0 Å². The number of hydrogen-bond donors (Lipinski definition) is 0. The van der Waals surface area contributed by atoms with Gasteiger partial charge in [-0.15, -0.1) is 0 Å². The van der Waals surface area contributed by atoms with Crippen LogP contribution in [-0.2, 0) is 28.1 Å². The van der Waals surface area contributed by atoms with Gasteiger partial charge in [0.1, 0.15) is 0 Å². The molecule has 0 aliphatic carbocycles. The van der Waals surface area contributed by atoms with E-state index in [0.29, 0.717) is 16.9 Å². The Morgan fingerprint density at radius 1 is 0.769 bits per heavy atom. The van der Waals surface area contributed by atoms with E-state index in [9.17, 15) is 0 Å². The van der Waals surface area contributed by atoms with Crippen molar-refractivity contribution in [1.82, 2.24) is 0 Å². The van der Waals surface area contributed by atoms with Crippen molar-refractivity contribution in [1.29, 1.82) is 0 Å². The number of hydrogen-bond acceptors (Lipinski definition) is 6. The fraction of sp³-hybridized carbons (Fsp3) is 0.935. The summed E-state index contributed by atoms with van der Waals surface area (Å²) in [7, 11) is 3.54. The van der Waals surface area contributed by atoms with E-state index in [1.54, 1.807) is 14.2 Å². The van der Waals surface area contributed by atoms with Gasteiger partial charge in [0.2, 0.25) is 0 Å². The molecule has 6 nitrogen and oxygen atoms in total. The molecule has 0 radical (unpaired) electrons. The molecule has 0 bridgehead atoms. The minimum absolute atomic E-state index is 0.121. The van der Waals surface area contributed by atoms with Gasteiger partial charge >= 0.3 is 249 Å². The van der Waals surface area contributed by atoms with Crippen molar-refractivity contribution in [3.63, 3.8) is 0 Å². The summed E-state index contributed by atoms with van der Waals surface area (Å²) >= 11 is -2.60. The molecule has 39 heavy (non-hydrogen) atoms.